The van der Waals surface area contributed by atoms with Gasteiger partial charge in [0.15, 0.2) is 0 Å². The van der Waals surface area contributed by atoms with Crippen molar-refractivity contribution in [3.63, 3.8) is 0 Å². The van der Waals surface area contributed by atoms with E-state index in [1.165, 1.54) is 24.3 Å². The lowest BCUT2D eigenvalue weighted by Crippen LogP contribution is -2.18. The summed E-state index contributed by atoms with van der Waals surface area (Å²) in [6.07, 6.45) is -1.36. The van der Waals surface area contributed by atoms with Crippen LogP contribution in [0.4, 0.5) is 13.2 Å². The number of hydrogen-bond donors (Lipinski definition) is 0. The molecule has 2 aromatic rings. The van der Waals surface area contributed by atoms with Gasteiger partial charge in [-0.25, -0.2) is 0 Å². The Morgan fingerprint density at radius 2 is 1.58 bits per heavy atom. The maximum Gasteiger partial charge on any atom is 0.399 e. The molecule has 0 saturated carbocycles. The molecule has 0 aliphatic rings. The van der Waals surface area contributed by atoms with Crippen molar-refractivity contribution in [1.29, 1.82) is 0 Å². The van der Waals surface area contributed by atoms with E-state index in [0.717, 1.165) is 6.08 Å². The van der Waals surface area contributed by atoms with E-state index in [1.54, 1.807) is 25.1 Å². The minimum atomic E-state index is -4.48. The first-order chi connectivity index (χ1) is 12.2. The van der Waals surface area contributed by atoms with Crippen molar-refractivity contribution >= 4 is 35.6 Å². The second kappa shape index (κ2) is 9.79. The second-order valence-electron chi connectivity index (χ2n) is 5.32. The molecule has 1 nitrogen and oxygen atoms in total. The van der Waals surface area contributed by atoms with Gasteiger partial charge in [-0.05, 0) is 41.8 Å². The highest BCUT2D eigenvalue weighted by atomic mass is 35.5. The topological polar surface area (TPSA) is 17.1 Å². The number of hydrogen-bond acceptors (Lipinski definition) is 1. The third kappa shape index (κ3) is 6.19. The monoisotopic (exact) mass is 402 g/mol. The van der Waals surface area contributed by atoms with Crippen molar-refractivity contribution in [1.82, 2.24) is 0 Å². The Hall–Kier alpha value is -1.78. The number of rotatable bonds is 4. The summed E-state index contributed by atoms with van der Waals surface area (Å²) in [5.41, 5.74) is 1.74. The number of alkyl halides is 3. The zero-order chi connectivity index (χ0) is 19.9. The van der Waals surface area contributed by atoms with Crippen LogP contribution in [0.25, 0.3) is 6.08 Å². The highest BCUT2D eigenvalue weighted by Gasteiger charge is 2.39. The molecule has 6 heteroatoms. The molecule has 1 atom stereocenters. The summed E-state index contributed by atoms with van der Waals surface area (Å²) in [5, 5.41) is 0.290. The number of allylic oxidation sites excluding steroid dienone is 1. The van der Waals surface area contributed by atoms with Crippen LogP contribution in [0.2, 0.25) is 10.0 Å². The van der Waals surface area contributed by atoms with Gasteiger partial charge in [0.25, 0.3) is 0 Å². The summed E-state index contributed by atoms with van der Waals surface area (Å²) in [6, 6.07) is 8.68. The van der Waals surface area contributed by atoms with Crippen molar-refractivity contribution in [3.8, 4) is 0 Å². The third-order valence-electron chi connectivity index (χ3n) is 3.50. The molecular weight excluding hydrogens is 384 g/mol. The van der Waals surface area contributed by atoms with Crippen LogP contribution in [0.3, 0.4) is 0 Å². The van der Waals surface area contributed by atoms with Crippen molar-refractivity contribution in [3.05, 3.63) is 74.8 Å². The SMILES string of the molecule is CC.Cc1cc(/C=C/C(c2cc(Cl)cc(Cl)c2)C(F)(F)F)ccc1C=O. The minimum Gasteiger partial charge on any atom is -0.298 e. The molecule has 0 saturated heterocycles. The lowest BCUT2D eigenvalue weighted by atomic mass is 9.96. The smallest absolute Gasteiger partial charge is 0.298 e. The van der Waals surface area contributed by atoms with Crippen LogP contribution in [0, 0.1) is 6.92 Å². The number of carbonyl (C=O) groups is 1. The Balaban J connectivity index is 0.00000163. The molecule has 2 rings (SSSR count). The third-order valence-corrected chi connectivity index (χ3v) is 3.94. The zero-order valence-electron chi connectivity index (χ0n) is 14.6. The molecule has 0 spiro atoms. The number of halogens is 5. The first-order valence-corrected chi connectivity index (χ1v) is 8.73. The maximum atomic E-state index is 13.4. The Labute approximate surface area is 161 Å². The molecule has 0 radical (unpaired) electrons. The van der Waals surface area contributed by atoms with Crippen LogP contribution in [0.1, 0.15) is 46.8 Å². The predicted octanol–water partition coefficient (Wildman–Crippen LogP) is 7.50. The maximum absolute atomic E-state index is 13.4. The summed E-state index contributed by atoms with van der Waals surface area (Å²) in [6.45, 7) is 5.72. The van der Waals surface area contributed by atoms with Gasteiger partial charge in [0.1, 0.15) is 6.29 Å². The largest absolute Gasteiger partial charge is 0.399 e. The summed E-state index contributed by atoms with van der Waals surface area (Å²) < 4.78 is 40.2. The second-order valence-corrected chi connectivity index (χ2v) is 6.19. The molecular formula is C20H19Cl2F3O. The lowest BCUT2D eigenvalue weighted by Gasteiger charge is -2.18. The quantitative estimate of drug-likeness (QED) is 0.483. The van der Waals surface area contributed by atoms with Gasteiger partial charge in [0.05, 0.1) is 5.92 Å². The van der Waals surface area contributed by atoms with Crippen LogP contribution >= 0.6 is 23.2 Å². The molecule has 0 bridgehead atoms. The van der Waals surface area contributed by atoms with E-state index in [9.17, 15) is 18.0 Å². The summed E-state index contributed by atoms with van der Waals surface area (Å²) >= 11 is 11.6. The first-order valence-electron chi connectivity index (χ1n) is 7.97. The number of carbonyl (C=O) groups excluding carboxylic acids is 1. The van der Waals surface area contributed by atoms with Crippen LogP contribution in [-0.4, -0.2) is 12.5 Å². The van der Waals surface area contributed by atoms with Crippen LogP contribution in [0.15, 0.2) is 42.5 Å². The molecule has 2 aromatic carbocycles. The molecule has 0 amide bonds. The van der Waals surface area contributed by atoms with Crippen LogP contribution in [-0.2, 0) is 0 Å². The van der Waals surface area contributed by atoms with Gasteiger partial charge in [-0.3, -0.25) is 4.79 Å². The van der Waals surface area contributed by atoms with Gasteiger partial charge in [-0.1, -0.05) is 67.4 Å². The minimum absolute atomic E-state index is 0.0301. The molecule has 0 fully saturated rings. The van der Waals surface area contributed by atoms with Crippen molar-refractivity contribution in [2.24, 2.45) is 0 Å². The molecule has 0 aromatic heterocycles. The standard InChI is InChI=1S/C18H13Cl2F3O.C2H6/c1-11-6-12(2-4-13(11)10-24)3-5-17(18(21,22)23)14-7-15(19)9-16(20)8-14;1-2/h2-10,17H,1H3;1-2H3/b5-3+;. The average molecular weight is 403 g/mol. The molecule has 140 valence electrons. The van der Waals surface area contributed by atoms with Gasteiger partial charge >= 0.3 is 6.18 Å². The van der Waals surface area contributed by atoms with Crippen LogP contribution < -0.4 is 0 Å². The van der Waals surface area contributed by atoms with Crippen molar-refractivity contribution < 1.29 is 18.0 Å². The average Bonchev–Trinajstić information content (AvgIpc) is 2.55. The normalized spacial score (nSPS) is 12.5. The number of aryl methyl sites for hydroxylation is 1. The van der Waals surface area contributed by atoms with E-state index >= 15 is 0 Å². The van der Waals surface area contributed by atoms with E-state index in [4.69, 9.17) is 23.2 Å². The Morgan fingerprint density at radius 1 is 1.00 bits per heavy atom. The first kappa shape index (κ1) is 22.3. The molecule has 0 N–H and O–H groups in total. The van der Waals surface area contributed by atoms with Crippen molar-refractivity contribution in [2.75, 3.05) is 0 Å². The van der Waals surface area contributed by atoms with Gasteiger partial charge in [0, 0.05) is 15.6 Å². The Bertz CT molecular complexity index is 763. The fraction of sp³-hybridized carbons (Fsp3) is 0.250. The van der Waals surface area contributed by atoms with Crippen LogP contribution in [0.5, 0.6) is 0 Å². The fourth-order valence-electron chi connectivity index (χ4n) is 2.31. The summed E-state index contributed by atoms with van der Waals surface area (Å²) in [5.74, 6) is -1.83. The molecule has 0 aliphatic carbocycles. The van der Waals surface area contributed by atoms with E-state index in [2.05, 4.69) is 0 Å². The summed E-state index contributed by atoms with van der Waals surface area (Å²) in [7, 11) is 0. The summed E-state index contributed by atoms with van der Waals surface area (Å²) in [4.78, 5) is 10.8. The zero-order valence-corrected chi connectivity index (χ0v) is 16.1. The van der Waals surface area contributed by atoms with E-state index in [0.29, 0.717) is 23.0 Å². The fourth-order valence-corrected chi connectivity index (χ4v) is 2.85. The van der Waals surface area contributed by atoms with Gasteiger partial charge in [0.2, 0.25) is 0 Å². The van der Waals surface area contributed by atoms with Gasteiger partial charge in [-0.15, -0.1) is 0 Å². The van der Waals surface area contributed by atoms with Gasteiger partial charge < -0.3 is 0 Å². The molecule has 26 heavy (non-hydrogen) atoms. The van der Waals surface area contributed by atoms with Gasteiger partial charge in [-0.2, -0.15) is 13.2 Å². The Morgan fingerprint density at radius 3 is 2.04 bits per heavy atom. The van der Waals surface area contributed by atoms with E-state index in [-0.39, 0.29) is 15.6 Å². The molecule has 0 aliphatic heterocycles. The van der Waals surface area contributed by atoms with E-state index in [1.807, 2.05) is 13.8 Å². The molecule has 0 heterocycles. The van der Waals surface area contributed by atoms with E-state index < -0.39 is 12.1 Å². The predicted molar refractivity (Wildman–Crippen MR) is 102 cm³/mol. The number of benzene rings is 2. The Kier molecular flexibility index (Phi) is 8.38. The molecule has 1 unspecified atom stereocenters. The highest BCUT2D eigenvalue weighted by Crippen LogP contribution is 2.38. The number of aldehydes is 1. The lowest BCUT2D eigenvalue weighted by molar-refractivity contribution is -0.139. The highest BCUT2D eigenvalue weighted by molar-refractivity contribution is 6.34. The van der Waals surface area contributed by atoms with Crippen molar-refractivity contribution in [2.45, 2.75) is 32.9 Å².